The minimum atomic E-state index is -0.489. The number of hydrogen-bond donors (Lipinski definition) is 2. The number of rotatable bonds is 3. The van der Waals surface area contributed by atoms with Gasteiger partial charge in [-0.1, -0.05) is 0 Å². The van der Waals surface area contributed by atoms with E-state index < -0.39 is 6.10 Å². The van der Waals surface area contributed by atoms with Gasteiger partial charge in [0, 0.05) is 11.8 Å². The molecule has 0 aliphatic rings. The van der Waals surface area contributed by atoms with Crippen molar-refractivity contribution in [3.63, 3.8) is 0 Å². The van der Waals surface area contributed by atoms with Crippen LogP contribution in [0.3, 0.4) is 0 Å². The first kappa shape index (κ1) is 11.9. The van der Waals surface area contributed by atoms with Gasteiger partial charge in [-0.25, -0.2) is 4.98 Å². The number of nitrogen functional groups attached to an aromatic ring is 1. The van der Waals surface area contributed by atoms with E-state index in [0.717, 1.165) is 15.4 Å². The van der Waals surface area contributed by atoms with Gasteiger partial charge in [0.15, 0.2) is 0 Å². The van der Waals surface area contributed by atoms with Gasteiger partial charge in [-0.05, 0) is 25.1 Å². The number of benzene rings is 1. The summed E-state index contributed by atoms with van der Waals surface area (Å²) >= 11 is 1.46. The molecule has 5 heteroatoms. The molecule has 0 aliphatic heterocycles. The predicted molar refractivity (Wildman–Crippen MR) is 69.1 cm³/mol. The molecule has 0 fully saturated rings. The van der Waals surface area contributed by atoms with E-state index in [9.17, 15) is 5.11 Å². The third-order valence-corrected chi connectivity index (χ3v) is 3.63. The molecule has 1 aromatic carbocycles. The molecule has 0 radical (unpaired) electrons. The van der Waals surface area contributed by atoms with E-state index in [0.29, 0.717) is 11.4 Å². The van der Waals surface area contributed by atoms with Crippen molar-refractivity contribution < 1.29 is 9.84 Å². The largest absolute Gasteiger partial charge is 0.495 e. The maximum absolute atomic E-state index is 9.45. The van der Waals surface area contributed by atoms with E-state index in [1.807, 2.05) is 12.1 Å². The molecule has 90 valence electrons. The second kappa shape index (κ2) is 4.73. The van der Waals surface area contributed by atoms with Crippen LogP contribution in [0.25, 0.3) is 10.6 Å². The maximum atomic E-state index is 9.45. The smallest absolute Gasteiger partial charge is 0.142 e. The van der Waals surface area contributed by atoms with Gasteiger partial charge in [-0.2, -0.15) is 0 Å². The number of thiazole rings is 1. The van der Waals surface area contributed by atoms with Crippen molar-refractivity contribution in [3.8, 4) is 16.3 Å². The first-order chi connectivity index (χ1) is 8.11. The molecule has 2 aromatic rings. The van der Waals surface area contributed by atoms with Crippen LogP contribution in [0.2, 0.25) is 0 Å². The van der Waals surface area contributed by atoms with Crippen molar-refractivity contribution in [2.24, 2.45) is 0 Å². The molecule has 17 heavy (non-hydrogen) atoms. The lowest BCUT2D eigenvalue weighted by atomic mass is 10.2. The van der Waals surface area contributed by atoms with E-state index in [1.165, 1.54) is 11.3 Å². The summed E-state index contributed by atoms with van der Waals surface area (Å²) in [6.07, 6.45) is 1.20. The summed E-state index contributed by atoms with van der Waals surface area (Å²) in [5.74, 6) is 0.635. The zero-order valence-corrected chi connectivity index (χ0v) is 10.5. The van der Waals surface area contributed by atoms with Gasteiger partial charge in [-0.3, -0.25) is 0 Å². The summed E-state index contributed by atoms with van der Waals surface area (Å²) in [4.78, 5) is 5.12. The van der Waals surface area contributed by atoms with Crippen LogP contribution in [0, 0.1) is 0 Å². The summed E-state index contributed by atoms with van der Waals surface area (Å²) in [5, 5.41) is 10.3. The summed E-state index contributed by atoms with van der Waals surface area (Å²) in [7, 11) is 1.58. The first-order valence-electron chi connectivity index (χ1n) is 5.19. The molecule has 0 amide bonds. The average Bonchev–Trinajstić information content (AvgIpc) is 2.79. The lowest BCUT2D eigenvalue weighted by Crippen LogP contribution is -1.92. The number of anilines is 1. The Morgan fingerprint density at radius 3 is 2.82 bits per heavy atom. The lowest BCUT2D eigenvalue weighted by molar-refractivity contribution is 0.203. The average molecular weight is 250 g/mol. The number of hydrogen-bond acceptors (Lipinski definition) is 5. The second-order valence-corrected chi connectivity index (χ2v) is 4.76. The van der Waals surface area contributed by atoms with Gasteiger partial charge in [0.1, 0.15) is 10.8 Å². The standard InChI is InChI=1S/C12H14N2O2S/c1-7(15)11-6-14-12(17-11)8-3-4-9(13)10(5-8)16-2/h3-7,15H,13H2,1-2H3. The highest BCUT2D eigenvalue weighted by atomic mass is 32.1. The molecule has 1 heterocycles. The van der Waals surface area contributed by atoms with E-state index in [2.05, 4.69) is 4.98 Å². The third-order valence-electron chi connectivity index (χ3n) is 2.42. The zero-order valence-electron chi connectivity index (χ0n) is 9.68. The van der Waals surface area contributed by atoms with Crippen LogP contribution in [-0.4, -0.2) is 17.2 Å². The minimum Gasteiger partial charge on any atom is -0.495 e. The Hall–Kier alpha value is -1.59. The number of aliphatic hydroxyl groups excluding tert-OH is 1. The quantitative estimate of drug-likeness (QED) is 0.821. The highest BCUT2D eigenvalue weighted by Gasteiger charge is 2.10. The fourth-order valence-electron chi connectivity index (χ4n) is 1.46. The molecule has 0 spiro atoms. The highest BCUT2D eigenvalue weighted by Crippen LogP contribution is 2.32. The SMILES string of the molecule is COc1cc(-c2ncc(C(C)O)s2)ccc1N. The molecular formula is C12H14N2O2S. The Morgan fingerprint density at radius 2 is 2.24 bits per heavy atom. The number of aliphatic hydroxyl groups is 1. The van der Waals surface area contributed by atoms with Crippen LogP contribution in [0.1, 0.15) is 17.9 Å². The van der Waals surface area contributed by atoms with E-state index in [1.54, 1.807) is 26.3 Å². The number of methoxy groups -OCH3 is 1. The molecular weight excluding hydrogens is 236 g/mol. The summed E-state index contributed by atoms with van der Waals surface area (Å²) < 4.78 is 5.16. The first-order valence-corrected chi connectivity index (χ1v) is 6.01. The molecule has 4 nitrogen and oxygen atoms in total. The van der Waals surface area contributed by atoms with Crippen LogP contribution >= 0.6 is 11.3 Å². The Bertz CT molecular complexity index is 523. The van der Waals surface area contributed by atoms with Crippen LogP contribution < -0.4 is 10.5 Å². The Kier molecular flexibility index (Phi) is 3.31. The van der Waals surface area contributed by atoms with Crippen LogP contribution in [0.5, 0.6) is 5.75 Å². The van der Waals surface area contributed by atoms with E-state index >= 15 is 0 Å². The minimum absolute atomic E-state index is 0.489. The number of nitrogens with two attached hydrogens (primary N) is 1. The van der Waals surface area contributed by atoms with Crippen molar-refractivity contribution >= 4 is 17.0 Å². The maximum Gasteiger partial charge on any atom is 0.142 e. The molecule has 1 unspecified atom stereocenters. The highest BCUT2D eigenvalue weighted by molar-refractivity contribution is 7.15. The van der Waals surface area contributed by atoms with Gasteiger partial charge >= 0.3 is 0 Å². The van der Waals surface area contributed by atoms with Crippen LogP contribution in [0.15, 0.2) is 24.4 Å². The van der Waals surface area contributed by atoms with Crippen molar-refractivity contribution in [3.05, 3.63) is 29.3 Å². The molecule has 1 aromatic heterocycles. The topological polar surface area (TPSA) is 68.4 Å². The monoisotopic (exact) mass is 250 g/mol. The van der Waals surface area contributed by atoms with Crippen LogP contribution in [0.4, 0.5) is 5.69 Å². The zero-order chi connectivity index (χ0) is 12.4. The molecule has 0 bridgehead atoms. The van der Waals surface area contributed by atoms with Crippen molar-refractivity contribution in [2.75, 3.05) is 12.8 Å². The summed E-state index contributed by atoms with van der Waals surface area (Å²) in [6, 6.07) is 5.53. The van der Waals surface area contributed by atoms with E-state index in [4.69, 9.17) is 10.5 Å². The fourth-order valence-corrected chi connectivity index (χ4v) is 2.31. The van der Waals surface area contributed by atoms with Gasteiger partial charge in [0.2, 0.25) is 0 Å². The Morgan fingerprint density at radius 1 is 1.47 bits per heavy atom. The number of ether oxygens (including phenoxy) is 1. The Balaban J connectivity index is 2.38. The summed E-state index contributed by atoms with van der Waals surface area (Å²) in [6.45, 7) is 1.72. The third kappa shape index (κ3) is 2.40. The molecule has 2 rings (SSSR count). The Labute approximate surface area is 104 Å². The van der Waals surface area contributed by atoms with Crippen LogP contribution in [-0.2, 0) is 0 Å². The van der Waals surface area contributed by atoms with Crippen molar-refractivity contribution in [2.45, 2.75) is 13.0 Å². The van der Waals surface area contributed by atoms with Gasteiger partial charge in [0.25, 0.3) is 0 Å². The predicted octanol–water partition coefficient (Wildman–Crippen LogP) is 2.45. The summed E-state index contributed by atoms with van der Waals surface area (Å²) in [5.41, 5.74) is 7.29. The van der Waals surface area contributed by atoms with Crippen molar-refractivity contribution in [1.29, 1.82) is 0 Å². The number of nitrogens with zero attached hydrogens (tertiary/aromatic N) is 1. The van der Waals surface area contributed by atoms with Crippen molar-refractivity contribution in [1.82, 2.24) is 4.98 Å². The molecule has 3 N–H and O–H groups in total. The molecule has 1 atom stereocenters. The number of aromatic nitrogens is 1. The normalized spacial score (nSPS) is 12.4. The molecule has 0 saturated carbocycles. The fraction of sp³-hybridized carbons (Fsp3) is 0.250. The van der Waals surface area contributed by atoms with Gasteiger partial charge in [-0.15, -0.1) is 11.3 Å². The van der Waals surface area contributed by atoms with Gasteiger partial charge < -0.3 is 15.6 Å². The van der Waals surface area contributed by atoms with Gasteiger partial charge in [0.05, 0.1) is 23.8 Å². The van der Waals surface area contributed by atoms with E-state index in [-0.39, 0.29) is 0 Å². The molecule has 0 saturated heterocycles. The lowest BCUT2D eigenvalue weighted by Gasteiger charge is -2.05. The molecule has 0 aliphatic carbocycles. The second-order valence-electron chi connectivity index (χ2n) is 3.70.